The number of alkyl halides is 1. The summed E-state index contributed by atoms with van der Waals surface area (Å²) in [5.74, 6) is 1.12. The van der Waals surface area contributed by atoms with Crippen LogP contribution in [0.4, 0.5) is 0 Å². The van der Waals surface area contributed by atoms with Crippen LogP contribution in [0.15, 0.2) is 6.33 Å². The van der Waals surface area contributed by atoms with Gasteiger partial charge in [0.15, 0.2) is 9.84 Å². The Hall–Kier alpha value is -0.620. The molecule has 15 heavy (non-hydrogen) atoms. The van der Waals surface area contributed by atoms with Crippen LogP contribution < -0.4 is 0 Å². The van der Waals surface area contributed by atoms with Crippen LogP contribution in [0.1, 0.15) is 25.2 Å². The van der Waals surface area contributed by atoms with Gasteiger partial charge in [-0.2, -0.15) is 0 Å². The lowest BCUT2D eigenvalue weighted by atomic mass is 10.2. The van der Waals surface area contributed by atoms with Gasteiger partial charge in [0.2, 0.25) is 0 Å². The van der Waals surface area contributed by atoms with Crippen LogP contribution in [0.25, 0.3) is 0 Å². The molecule has 1 aromatic heterocycles. The first kappa shape index (κ1) is 10.9. The van der Waals surface area contributed by atoms with Crippen molar-refractivity contribution in [3.63, 3.8) is 0 Å². The van der Waals surface area contributed by atoms with Crippen LogP contribution in [-0.2, 0) is 15.7 Å². The smallest absolute Gasteiger partial charge is 0.155 e. The predicted octanol–water partition coefficient (Wildman–Crippen LogP) is 0.765. The molecule has 0 aromatic carbocycles. The lowest BCUT2D eigenvalue weighted by Gasteiger charge is -2.16. The predicted molar refractivity (Wildman–Crippen MR) is 56.5 cm³/mol. The third-order valence-corrected chi connectivity index (χ3v) is 5.42. The summed E-state index contributed by atoms with van der Waals surface area (Å²) in [6.07, 6.45) is 2.17. The first-order chi connectivity index (χ1) is 7.06. The SMILES string of the molecule is CC1C(n2cnnc2CCl)CCS1(=O)=O. The van der Waals surface area contributed by atoms with E-state index in [0.717, 1.165) is 0 Å². The molecule has 1 fully saturated rings. The van der Waals surface area contributed by atoms with Crippen LogP contribution in [-0.4, -0.2) is 34.2 Å². The number of halogens is 1. The Balaban J connectivity index is 2.34. The summed E-state index contributed by atoms with van der Waals surface area (Å²) in [7, 11) is -2.94. The van der Waals surface area contributed by atoms with Gasteiger partial charge in [-0.05, 0) is 13.3 Å². The first-order valence-corrected chi connectivity index (χ1v) is 6.97. The fourth-order valence-electron chi connectivity index (χ4n) is 1.95. The molecule has 1 aromatic rings. The number of rotatable bonds is 2. The normalized spacial score (nSPS) is 29.5. The third kappa shape index (κ3) is 1.76. The van der Waals surface area contributed by atoms with Crippen molar-refractivity contribution in [2.45, 2.75) is 30.5 Å². The summed E-state index contributed by atoms with van der Waals surface area (Å²) < 4.78 is 24.9. The average molecular weight is 250 g/mol. The highest BCUT2D eigenvalue weighted by Crippen LogP contribution is 2.31. The molecule has 0 bridgehead atoms. The Labute approximate surface area is 93.4 Å². The van der Waals surface area contributed by atoms with E-state index in [-0.39, 0.29) is 22.9 Å². The maximum atomic E-state index is 11.6. The zero-order valence-electron chi connectivity index (χ0n) is 8.30. The molecule has 7 heteroatoms. The number of nitrogens with zero attached hydrogens (tertiary/aromatic N) is 3. The molecule has 0 spiro atoms. The van der Waals surface area contributed by atoms with Crippen molar-refractivity contribution in [2.75, 3.05) is 5.75 Å². The molecule has 84 valence electrons. The molecule has 0 aliphatic carbocycles. The van der Waals surface area contributed by atoms with Crippen LogP contribution in [0.5, 0.6) is 0 Å². The Morgan fingerprint density at radius 1 is 1.67 bits per heavy atom. The molecule has 2 atom stereocenters. The van der Waals surface area contributed by atoms with E-state index >= 15 is 0 Å². The molecule has 2 heterocycles. The minimum atomic E-state index is -2.94. The summed E-state index contributed by atoms with van der Waals surface area (Å²) in [6, 6.07) is -0.0706. The van der Waals surface area contributed by atoms with Gasteiger partial charge in [-0.1, -0.05) is 0 Å². The van der Waals surface area contributed by atoms with Gasteiger partial charge in [0.05, 0.1) is 22.9 Å². The second-order valence-electron chi connectivity index (χ2n) is 3.72. The summed E-state index contributed by atoms with van der Waals surface area (Å²) in [6.45, 7) is 1.73. The monoisotopic (exact) mass is 249 g/mol. The van der Waals surface area contributed by atoms with Crippen molar-refractivity contribution in [1.82, 2.24) is 14.8 Å². The molecular weight excluding hydrogens is 238 g/mol. The van der Waals surface area contributed by atoms with Crippen molar-refractivity contribution >= 4 is 21.4 Å². The molecule has 0 radical (unpaired) electrons. The molecule has 0 amide bonds. The van der Waals surface area contributed by atoms with Crippen LogP contribution in [0.2, 0.25) is 0 Å². The van der Waals surface area contributed by atoms with E-state index in [1.807, 2.05) is 0 Å². The standard InChI is InChI=1S/C8H12ClN3O2S/c1-6-7(2-3-15(6,13)14)12-5-10-11-8(12)4-9/h5-7H,2-4H2,1H3. The van der Waals surface area contributed by atoms with E-state index in [1.54, 1.807) is 17.8 Å². The summed E-state index contributed by atoms with van der Waals surface area (Å²) in [5.41, 5.74) is 0. The summed E-state index contributed by atoms with van der Waals surface area (Å²) >= 11 is 5.70. The van der Waals surface area contributed by atoms with Gasteiger partial charge >= 0.3 is 0 Å². The van der Waals surface area contributed by atoms with Gasteiger partial charge < -0.3 is 4.57 Å². The third-order valence-electron chi connectivity index (χ3n) is 2.93. The first-order valence-electron chi connectivity index (χ1n) is 4.72. The van der Waals surface area contributed by atoms with Gasteiger partial charge in [0.25, 0.3) is 0 Å². The molecule has 2 unspecified atom stereocenters. The highest BCUT2D eigenvalue weighted by atomic mass is 35.5. The largest absolute Gasteiger partial charge is 0.312 e. The zero-order chi connectivity index (χ0) is 11.1. The quantitative estimate of drug-likeness (QED) is 0.726. The van der Waals surface area contributed by atoms with E-state index < -0.39 is 9.84 Å². The average Bonchev–Trinajstić information content (AvgIpc) is 2.74. The molecular formula is C8H12ClN3O2S. The van der Waals surface area contributed by atoms with Crippen LogP contribution >= 0.6 is 11.6 Å². The second kappa shape index (κ2) is 3.75. The van der Waals surface area contributed by atoms with Gasteiger partial charge in [-0.25, -0.2) is 8.42 Å². The van der Waals surface area contributed by atoms with Gasteiger partial charge in [0.1, 0.15) is 12.2 Å². The van der Waals surface area contributed by atoms with E-state index in [9.17, 15) is 8.42 Å². The Morgan fingerprint density at radius 2 is 2.40 bits per heavy atom. The van der Waals surface area contributed by atoms with Gasteiger partial charge in [-0.3, -0.25) is 0 Å². The lowest BCUT2D eigenvalue weighted by Crippen LogP contribution is -2.22. The molecule has 5 nitrogen and oxygen atoms in total. The Bertz CT molecular complexity index is 456. The van der Waals surface area contributed by atoms with Crippen molar-refractivity contribution in [2.24, 2.45) is 0 Å². The second-order valence-corrected chi connectivity index (χ2v) is 6.46. The van der Waals surface area contributed by atoms with Crippen molar-refractivity contribution < 1.29 is 8.42 Å². The van der Waals surface area contributed by atoms with Crippen molar-refractivity contribution in [3.8, 4) is 0 Å². The van der Waals surface area contributed by atoms with E-state index in [0.29, 0.717) is 12.2 Å². The number of hydrogen-bond acceptors (Lipinski definition) is 4. The highest BCUT2D eigenvalue weighted by molar-refractivity contribution is 7.92. The topological polar surface area (TPSA) is 64.8 Å². The summed E-state index contributed by atoms with van der Waals surface area (Å²) in [4.78, 5) is 0. The zero-order valence-corrected chi connectivity index (χ0v) is 9.87. The Morgan fingerprint density at radius 3 is 2.93 bits per heavy atom. The van der Waals surface area contributed by atoms with E-state index in [4.69, 9.17) is 11.6 Å². The molecule has 1 aliphatic rings. The van der Waals surface area contributed by atoms with Crippen molar-refractivity contribution in [1.29, 1.82) is 0 Å². The van der Waals surface area contributed by atoms with Gasteiger partial charge in [0, 0.05) is 0 Å². The maximum Gasteiger partial charge on any atom is 0.155 e. The van der Waals surface area contributed by atoms with E-state index in [1.165, 1.54) is 0 Å². The molecule has 2 rings (SSSR count). The molecule has 1 aliphatic heterocycles. The minimum Gasteiger partial charge on any atom is -0.312 e. The molecule has 0 saturated carbocycles. The molecule has 0 N–H and O–H groups in total. The Kier molecular flexibility index (Phi) is 2.72. The number of sulfone groups is 1. The van der Waals surface area contributed by atoms with Crippen LogP contribution in [0.3, 0.4) is 0 Å². The fourth-order valence-corrected chi connectivity index (χ4v) is 3.83. The minimum absolute atomic E-state index is 0.0706. The van der Waals surface area contributed by atoms with Crippen LogP contribution in [0, 0.1) is 0 Å². The van der Waals surface area contributed by atoms with Gasteiger partial charge in [-0.15, -0.1) is 21.8 Å². The fraction of sp³-hybridized carbons (Fsp3) is 0.750. The lowest BCUT2D eigenvalue weighted by molar-refractivity contribution is 0.484. The molecule has 1 saturated heterocycles. The highest BCUT2D eigenvalue weighted by Gasteiger charge is 2.38. The summed E-state index contributed by atoms with van der Waals surface area (Å²) in [5, 5.41) is 7.22. The number of hydrogen-bond donors (Lipinski definition) is 0. The van der Waals surface area contributed by atoms with E-state index in [2.05, 4.69) is 10.2 Å². The number of aromatic nitrogens is 3. The van der Waals surface area contributed by atoms with Crippen molar-refractivity contribution in [3.05, 3.63) is 12.2 Å². The maximum absolute atomic E-state index is 11.6.